The number of esters is 1. The van der Waals surface area contributed by atoms with E-state index >= 15 is 0 Å². The number of aryl methyl sites for hydroxylation is 1. The van der Waals surface area contributed by atoms with Gasteiger partial charge in [-0.15, -0.1) is 0 Å². The van der Waals surface area contributed by atoms with Crippen LogP contribution in [0.2, 0.25) is 0 Å². The first-order valence-corrected chi connectivity index (χ1v) is 8.43. The van der Waals surface area contributed by atoms with Crippen LogP contribution in [0.5, 0.6) is 0 Å². The fourth-order valence-electron chi connectivity index (χ4n) is 4.53. The molecule has 1 aliphatic carbocycles. The Bertz CT molecular complexity index is 656. The van der Waals surface area contributed by atoms with Crippen LogP contribution in [0.4, 0.5) is 0 Å². The quantitative estimate of drug-likeness (QED) is 0.795. The number of likely N-dealkylation sites (tertiary alicyclic amines) is 1. The minimum atomic E-state index is -0.607. The molecule has 0 spiro atoms. The van der Waals surface area contributed by atoms with Gasteiger partial charge in [0.05, 0.1) is 11.9 Å². The Kier molecular flexibility index (Phi) is 4.10. The van der Waals surface area contributed by atoms with Gasteiger partial charge in [-0.25, -0.2) is 9.78 Å². The molecule has 6 heteroatoms. The summed E-state index contributed by atoms with van der Waals surface area (Å²) in [6, 6.07) is 0.254. The Morgan fingerprint density at radius 2 is 2.00 bits per heavy atom. The van der Waals surface area contributed by atoms with Crippen molar-refractivity contribution >= 4 is 11.9 Å². The highest BCUT2D eigenvalue weighted by atomic mass is 16.5. The van der Waals surface area contributed by atoms with Gasteiger partial charge in [-0.1, -0.05) is 20.8 Å². The third-order valence-electron chi connectivity index (χ3n) is 5.05. The third-order valence-corrected chi connectivity index (χ3v) is 5.05. The second kappa shape index (κ2) is 5.83. The Morgan fingerprint density at radius 1 is 1.25 bits per heavy atom. The first-order chi connectivity index (χ1) is 11.2. The molecule has 0 aromatic carbocycles. The van der Waals surface area contributed by atoms with Crippen LogP contribution in [-0.2, 0) is 9.53 Å². The van der Waals surface area contributed by atoms with Crippen LogP contribution in [0.15, 0.2) is 12.4 Å². The molecule has 1 aliphatic heterocycles. The minimum absolute atomic E-state index is 0.116. The summed E-state index contributed by atoms with van der Waals surface area (Å²) in [6.45, 7) is 9.09. The smallest absolute Gasteiger partial charge is 0.359 e. The number of hydrogen-bond donors (Lipinski definition) is 0. The van der Waals surface area contributed by atoms with Gasteiger partial charge in [-0.05, 0) is 37.0 Å². The molecule has 2 aliphatic rings. The van der Waals surface area contributed by atoms with Crippen LogP contribution in [-0.4, -0.2) is 45.9 Å². The average molecular weight is 331 g/mol. The lowest BCUT2D eigenvalue weighted by Crippen LogP contribution is -2.39. The van der Waals surface area contributed by atoms with Crippen LogP contribution in [0.1, 0.15) is 56.2 Å². The summed E-state index contributed by atoms with van der Waals surface area (Å²) in [6.07, 6.45) is 6.05. The highest BCUT2D eigenvalue weighted by molar-refractivity contribution is 5.89. The van der Waals surface area contributed by atoms with Crippen molar-refractivity contribution in [2.24, 2.45) is 10.8 Å². The topological polar surface area (TPSA) is 72.4 Å². The lowest BCUT2D eigenvalue weighted by atomic mass is 9.65. The summed E-state index contributed by atoms with van der Waals surface area (Å²) in [5.74, 6) is -0.723. The Labute approximate surface area is 142 Å². The molecular formula is C18H25N3O3. The highest BCUT2D eigenvalue weighted by Crippen LogP contribution is 2.52. The molecule has 2 heterocycles. The standard InChI is InChI=1S/C18H25N3O3/c1-12-7-20-14(8-19-12)16(23)24-9-15(22)21-11-18(4)6-13(21)5-17(2,3)10-18/h7-8,13H,5-6,9-11H2,1-4H3/t13-,18+/m1/s1. The van der Waals surface area contributed by atoms with E-state index in [-0.39, 0.29) is 35.1 Å². The van der Waals surface area contributed by atoms with Gasteiger partial charge in [0, 0.05) is 18.8 Å². The van der Waals surface area contributed by atoms with E-state index in [9.17, 15) is 9.59 Å². The molecule has 0 N–H and O–H groups in total. The van der Waals surface area contributed by atoms with E-state index in [0.717, 1.165) is 31.5 Å². The number of amides is 1. The Hall–Kier alpha value is -1.98. The van der Waals surface area contributed by atoms with E-state index in [0.29, 0.717) is 0 Å². The maximum absolute atomic E-state index is 12.5. The number of ether oxygens (including phenoxy) is 1. The first kappa shape index (κ1) is 16.9. The van der Waals surface area contributed by atoms with Crippen molar-refractivity contribution in [2.45, 2.75) is 53.0 Å². The molecule has 130 valence electrons. The molecule has 3 rings (SSSR count). The lowest BCUT2D eigenvalue weighted by Gasteiger charge is -2.39. The molecule has 1 saturated carbocycles. The first-order valence-electron chi connectivity index (χ1n) is 8.43. The summed E-state index contributed by atoms with van der Waals surface area (Å²) in [7, 11) is 0. The van der Waals surface area contributed by atoms with Gasteiger partial charge in [-0.3, -0.25) is 9.78 Å². The van der Waals surface area contributed by atoms with Crippen molar-refractivity contribution < 1.29 is 14.3 Å². The molecule has 0 radical (unpaired) electrons. The predicted molar refractivity (Wildman–Crippen MR) is 88.3 cm³/mol. The molecule has 2 fully saturated rings. The third kappa shape index (κ3) is 3.42. The van der Waals surface area contributed by atoms with Gasteiger partial charge in [0.15, 0.2) is 12.3 Å². The van der Waals surface area contributed by atoms with Crippen LogP contribution in [0, 0.1) is 17.8 Å². The SMILES string of the molecule is Cc1cnc(C(=O)OCC(=O)N2C[C@@]3(C)C[C@H]2CC(C)(C)C3)cn1. The van der Waals surface area contributed by atoms with Gasteiger partial charge in [0.2, 0.25) is 0 Å². The Balaban J connectivity index is 1.60. The van der Waals surface area contributed by atoms with Gasteiger partial charge in [-0.2, -0.15) is 0 Å². The zero-order valence-corrected chi connectivity index (χ0v) is 14.8. The number of aromatic nitrogens is 2. The molecule has 1 aromatic rings. The molecule has 0 unspecified atom stereocenters. The van der Waals surface area contributed by atoms with Crippen molar-refractivity contribution in [3.63, 3.8) is 0 Å². The number of carbonyl (C=O) groups is 2. The summed E-state index contributed by atoms with van der Waals surface area (Å²) in [4.78, 5) is 34.4. The van der Waals surface area contributed by atoms with Crippen molar-refractivity contribution in [1.29, 1.82) is 0 Å². The number of fused-ring (bicyclic) bond motifs is 2. The monoisotopic (exact) mass is 331 g/mol. The molecule has 2 bridgehead atoms. The van der Waals surface area contributed by atoms with Gasteiger partial charge < -0.3 is 9.64 Å². The largest absolute Gasteiger partial charge is 0.451 e. The fourth-order valence-corrected chi connectivity index (χ4v) is 4.53. The van der Waals surface area contributed by atoms with E-state index in [1.54, 1.807) is 6.92 Å². The number of carbonyl (C=O) groups excluding carboxylic acids is 2. The van der Waals surface area contributed by atoms with E-state index in [1.165, 1.54) is 12.4 Å². The molecule has 2 atom stereocenters. The van der Waals surface area contributed by atoms with E-state index in [1.807, 2.05) is 4.90 Å². The lowest BCUT2D eigenvalue weighted by molar-refractivity contribution is -0.135. The molecule has 1 saturated heterocycles. The molecule has 1 amide bonds. The Morgan fingerprint density at radius 3 is 2.67 bits per heavy atom. The molecule has 24 heavy (non-hydrogen) atoms. The highest BCUT2D eigenvalue weighted by Gasteiger charge is 2.50. The van der Waals surface area contributed by atoms with Crippen LogP contribution in [0.3, 0.4) is 0 Å². The molecule has 1 aromatic heterocycles. The van der Waals surface area contributed by atoms with Crippen LogP contribution >= 0.6 is 0 Å². The number of nitrogens with zero attached hydrogens (tertiary/aromatic N) is 3. The molecule has 6 nitrogen and oxygen atoms in total. The molecular weight excluding hydrogens is 306 g/mol. The van der Waals surface area contributed by atoms with Gasteiger partial charge in [0.25, 0.3) is 5.91 Å². The maximum Gasteiger partial charge on any atom is 0.359 e. The predicted octanol–water partition coefficient (Wildman–Crippen LogP) is 2.37. The second-order valence-electron chi connectivity index (χ2n) is 8.35. The van der Waals surface area contributed by atoms with Crippen molar-refractivity contribution in [3.8, 4) is 0 Å². The summed E-state index contributed by atoms with van der Waals surface area (Å²) >= 11 is 0. The van der Waals surface area contributed by atoms with E-state index in [2.05, 4.69) is 30.7 Å². The van der Waals surface area contributed by atoms with Crippen molar-refractivity contribution in [3.05, 3.63) is 23.8 Å². The zero-order chi connectivity index (χ0) is 17.5. The minimum Gasteiger partial charge on any atom is -0.451 e. The summed E-state index contributed by atoms with van der Waals surface area (Å²) in [5, 5.41) is 0. The number of hydrogen-bond acceptors (Lipinski definition) is 5. The van der Waals surface area contributed by atoms with Crippen LogP contribution < -0.4 is 0 Å². The van der Waals surface area contributed by atoms with Gasteiger partial charge >= 0.3 is 5.97 Å². The van der Waals surface area contributed by atoms with Crippen molar-refractivity contribution in [1.82, 2.24) is 14.9 Å². The second-order valence-corrected chi connectivity index (χ2v) is 8.35. The van der Waals surface area contributed by atoms with E-state index in [4.69, 9.17) is 4.74 Å². The normalized spacial score (nSPS) is 27.8. The van der Waals surface area contributed by atoms with Crippen LogP contribution in [0.25, 0.3) is 0 Å². The fraction of sp³-hybridized carbons (Fsp3) is 0.667. The average Bonchev–Trinajstić information content (AvgIpc) is 2.74. The van der Waals surface area contributed by atoms with Crippen molar-refractivity contribution in [2.75, 3.05) is 13.2 Å². The zero-order valence-electron chi connectivity index (χ0n) is 14.8. The summed E-state index contributed by atoms with van der Waals surface area (Å²) < 4.78 is 5.14. The maximum atomic E-state index is 12.5. The van der Waals surface area contributed by atoms with E-state index < -0.39 is 5.97 Å². The number of rotatable bonds is 3. The summed E-state index contributed by atoms with van der Waals surface area (Å²) in [5.41, 5.74) is 1.28. The van der Waals surface area contributed by atoms with Gasteiger partial charge in [0.1, 0.15) is 0 Å².